The first kappa shape index (κ1) is 18.5. The van der Waals surface area contributed by atoms with Crippen LogP contribution in [0.5, 0.6) is 5.75 Å². The molecular formula is C15H24ClO4P. The van der Waals surface area contributed by atoms with Crippen molar-refractivity contribution in [2.24, 2.45) is 0 Å². The first-order valence-electron chi connectivity index (χ1n) is 7.03. The van der Waals surface area contributed by atoms with Crippen molar-refractivity contribution >= 4 is 19.2 Å². The first-order chi connectivity index (χ1) is 9.63. The SMILES string of the molecule is CCOP(=O)(Cc1cc(Cl)c(O)c(C(C)(C)C)c1)OCC. The molecule has 0 aromatic heterocycles. The van der Waals surface area contributed by atoms with E-state index in [1.54, 1.807) is 19.9 Å². The molecule has 0 amide bonds. The quantitative estimate of drug-likeness (QED) is 0.734. The number of halogens is 1. The average Bonchev–Trinajstić information content (AvgIpc) is 2.32. The molecule has 0 bridgehead atoms. The van der Waals surface area contributed by atoms with Crippen molar-refractivity contribution in [3.8, 4) is 5.75 Å². The Labute approximate surface area is 132 Å². The van der Waals surface area contributed by atoms with E-state index < -0.39 is 7.60 Å². The zero-order valence-corrected chi connectivity index (χ0v) is 14.9. The molecule has 0 aliphatic heterocycles. The molecule has 0 saturated heterocycles. The number of hydrogen-bond donors (Lipinski definition) is 1. The maximum absolute atomic E-state index is 12.6. The van der Waals surface area contributed by atoms with Crippen LogP contribution in [-0.2, 0) is 25.2 Å². The minimum atomic E-state index is -3.19. The Morgan fingerprint density at radius 2 is 1.71 bits per heavy atom. The van der Waals surface area contributed by atoms with Gasteiger partial charge in [0.2, 0.25) is 0 Å². The van der Waals surface area contributed by atoms with Gasteiger partial charge in [0.1, 0.15) is 5.75 Å². The molecule has 1 aromatic carbocycles. The molecule has 0 spiro atoms. The van der Waals surface area contributed by atoms with Crippen molar-refractivity contribution in [1.82, 2.24) is 0 Å². The molecule has 1 rings (SSSR count). The van der Waals surface area contributed by atoms with Gasteiger partial charge in [-0.15, -0.1) is 0 Å². The highest BCUT2D eigenvalue weighted by atomic mass is 35.5. The smallest absolute Gasteiger partial charge is 0.335 e. The molecule has 1 N–H and O–H groups in total. The Morgan fingerprint density at radius 3 is 2.14 bits per heavy atom. The van der Waals surface area contributed by atoms with Crippen LogP contribution >= 0.6 is 19.2 Å². The number of rotatable bonds is 6. The zero-order valence-electron chi connectivity index (χ0n) is 13.3. The predicted octanol–water partition coefficient (Wildman–Crippen LogP) is 5.11. The van der Waals surface area contributed by atoms with Gasteiger partial charge in [-0.1, -0.05) is 38.4 Å². The molecule has 1 aromatic rings. The summed E-state index contributed by atoms with van der Waals surface area (Å²) in [6, 6.07) is 3.42. The van der Waals surface area contributed by atoms with Crippen molar-refractivity contribution in [1.29, 1.82) is 0 Å². The third kappa shape index (κ3) is 5.00. The van der Waals surface area contributed by atoms with Crippen LogP contribution in [0.1, 0.15) is 45.7 Å². The second kappa shape index (κ2) is 7.15. The lowest BCUT2D eigenvalue weighted by molar-refractivity contribution is 0.219. The lowest BCUT2D eigenvalue weighted by Crippen LogP contribution is -2.12. The van der Waals surface area contributed by atoms with Crippen LogP contribution in [0.2, 0.25) is 5.02 Å². The predicted molar refractivity (Wildman–Crippen MR) is 86.4 cm³/mol. The fourth-order valence-corrected chi connectivity index (χ4v) is 3.98. The molecule has 21 heavy (non-hydrogen) atoms. The lowest BCUT2D eigenvalue weighted by atomic mass is 9.85. The van der Waals surface area contributed by atoms with E-state index in [2.05, 4.69) is 0 Å². The highest BCUT2D eigenvalue weighted by Crippen LogP contribution is 2.52. The minimum absolute atomic E-state index is 0.0653. The van der Waals surface area contributed by atoms with Gasteiger partial charge in [0, 0.05) is 5.56 Å². The Bertz CT molecular complexity index is 527. The summed E-state index contributed by atoms with van der Waals surface area (Å²) < 4.78 is 23.2. The van der Waals surface area contributed by atoms with Crippen molar-refractivity contribution < 1.29 is 18.7 Å². The number of benzene rings is 1. The van der Waals surface area contributed by atoms with Crippen LogP contribution in [-0.4, -0.2) is 18.3 Å². The van der Waals surface area contributed by atoms with Gasteiger partial charge in [0.05, 0.1) is 24.4 Å². The molecule has 0 heterocycles. The van der Waals surface area contributed by atoms with Gasteiger partial charge in [-0.25, -0.2) is 0 Å². The summed E-state index contributed by atoms with van der Waals surface area (Å²) in [5, 5.41) is 10.3. The fourth-order valence-electron chi connectivity index (χ4n) is 2.06. The van der Waals surface area contributed by atoms with Crippen LogP contribution < -0.4 is 0 Å². The zero-order chi connectivity index (χ0) is 16.3. The van der Waals surface area contributed by atoms with Crippen LogP contribution in [0.25, 0.3) is 0 Å². The summed E-state index contributed by atoms with van der Waals surface area (Å²) in [5.41, 5.74) is 1.17. The van der Waals surface area contributed by atoms with Crippen molar-refractivity contribution in [2.45, 2.75) is 46.2 Å². The minimum Gasteiger partial charge on any atom is -0.506 e. The fraction of sp³-hybridized carbons (Fsp3) is 0.600. The van der Waals surface area contributed by atoms with Crippen LogP contribution in [0.4, 0.5) is 0 Å². The second-order valence-corrected chi connectivity index (χ2v) is 8.29. The summed E-state index contributed by atoms with van der Waals surface area (Å²) in [5.74, 6) is 0.0653. The van der Waals surface area contributed by atoms with Gasteiger partial charge in [-0.3, -0.25) is 4.57 Å². The number of aromatic hydroxyl groups is 1. The normalized spacial score (nSPS) is 12.7. The molecule has 0 radical (unpaired) electrons. The van der Waals surface area contributed by atoms with E-state index in [1.165, 1.54) is 0 Å². The summed E-state index contributed by atoms with van der Waals surface area (Å²) >= 11 is 6.09. The molecule has 120 valence electrons. The number of phenolic OH excluding ortho intramolecular Hbond substituents is 1. The molecule has 0 saturated carbocycles. The Balaban J connectivity index is 3.20. The van der Waals surface area contributed by atoms with E-state index in [1.807, 2.05) is 26.8 Å². The maximum Gasteiger partial charge on any atom is 0.335 e. The molecule has 0 fully saturated rings. The Hall–Kier alpha value is -0.540. The van der Waals surface area contributed by atoms with Gasteiger partial charge in [0.15, 0.2) is 0 Å². The van der Waals surface area contributed by atoms with Gasteiger partial charge in [-0.2, -0.15) is 0 Å². The second-order valence-electron chi connectivity index (χ2n) is 5.83. The van der Waals surface area contributed by atoms with E-state index in [4.69, 9.17) is 20.6 Å². The van der Waals surface area contributed by atoms with Gasteiger partial charge >= 0.3 is 7.60 Å². The van der Waals surface area contributed by atoms with Gasteiger partial charge < -0.3 is 14.2 Å². The molecular weight excluding hydrogens is 311 g/mol. The largest absolute Gasteiger partial charge is 0.506 e. The van der Waals surface area contributed by atoms with Gasteiger partial charge in [0.25, 0.3) is 0 Å². The summed E-state index contributed by atoms with van der Waals surface area (Å²) in [6.07, 6.45) is 0.137. The molecule has 0 aliphatic rings. The first-order valence-corrected chi connectivity index (χ1v) is 9.13. The third-order valence-electron chi connectivity index (χ3n) is 2.96. The maximum atomic E-state index is 12.6. The summed E-state index contributed by atoms with van der Waals surface area (Å²) in [6.45, 7) is 10.1. The summed E-state index contributed by atoms with van der Waals surface area (Å²) in [4.78, 5) is 0. The molecule has 4 nitrogen and oxygen atoms in total. The molecule has 0 atom stereocenters. The number of phenols is 1. The highest BCUT2D eigenvalue weighted by molar-refractivity contribution is 7.53. The standard InChI is InChI=1S/C15H24ClO4P/c1-6-19-21(18,20-7-2)10-11-8-12(15(3,4)5)14(17)13(16)9-11/h8-9,17H,6-7,10H2,1-5H3. The van der Waals surface area contributed by atoms with E-state index >= 15 is 0 Å². The van der Waals surface area contributed by atoms with E-state index in [0.29, 0.717) is 18.8 Å². The monoisotopic (exact) mass is 334 g/mol. The summed E-state index contributed by atoms with van der Waals surface area (Å²) in [7, 11) is -3.19. The van der Waals surface area contributed by atoms with E-state index in [0.717, 1.165) is 5.56 Å². The Morgan fingerprint density at radius 1 is 1.19 bits per heavy atom. The Kier molecular flexibility index (Phi) is 6.30. The molecule has 6 heteroatoms. The van der Waals surface area contributed by atoms with E-state index in [9.17, 15) is 9.67 Å². The van der Waals surface area contributed by atoms with Crippen molar-refractivity contribution in [2.75, 3.05) is 13.2 Å². The highest BCUT2D eigenvalue weighted by Gasteiger charge is 2.27. The topological polar surface area (TPSA) is 55.8 Å². The molecule has 0 unspecified atom stereocenters. The van der Waals surface area contributed by atoms with E-state index in [-0.39, 0.29) is 22.3 Å². The number of hydrogen-bond acceptors (Lipinski definition) is 4. The van der Waals surface area contributed by atoms with Crippen molar-refractivity contribution in [3.05, 3.63) is 28.3 Å². The van der Waals surface area contributed by atoms with Crippen LogP contribution in [0.3, 0.4) is 0 Å². The van der Waals surface area contributed by atoms with Crippen LogP contribution in [0.15, 0.2) is 12.1 Å². The van der Waals surface area contributed by atoms with Crippen LogP contribution in [0, 0.1) is 0 Å². The third-order valence-corrected chi connectivity index (χ3v) is 5.30. The lowest BCUT2D eigenvalue weighted by Gasteiger charge is -2.23. The van der Waals surface area contributed by atoms with Gasteiger partial charge in [-0.05, 0) is 30.9 Å². The average molecular weight is 335 g/mol. The molecule has 0 aliphatic carbocycles. The van der Waals surface area contributed by atoms with Crippen molar-refractivity contribution in [3.63, 3.8) is 0 Å².